The Morgan fingerprint density at radius 3 is 2.79 bits per heavy atom. The molecule has 5 nitrogen and oxygen atoms in total. The smallest absolute Gasteiger partial charge is 0.268 e. The Hall–Kier alpha value is -2.82. The second-order valence-electron chi connectivity index (χ2n) is 5.77. The van der Waals surface area contributed by atoms with Gasteiger partial charge in [0.2, 0.25) is 6.10 Å². The predicted molar refractivity (Wildman–Crippen MR) is 93.6 cm³/mol. The summed E-state index contributed by atoms with van der Waals surface area (Å²) < 4.78 is 5.34. The van der Waals surface area contributed by atoms with Gasteiger partial charge in [-0.15, -0.1) is 0 Å². The molecule has 0 aliphatic carbocycles. The summed E-state index contributed by atoms with van der Waals surface area (Å²) in [7, 11) is 1.61. The van der Waals surface area contributed by atoms with E-state index in [2.05, 4.69) is 10.5 Å². The number of para-hydroxylation sites is 1. The highest BCUT2D eigenvalue weighted by molar-refractivity contribution is 6.07. The maximum Gasteiger partial charge on any atom is 0.268 e. The van der Waals surface area contributed by atoms with Crippen LogP contribution in [0.25, 0.3) is 0 Å². The summed E-state index contributed by atoms with van der Waals surface area (Å²) in [5.41, 5.74) is 4.55. The first-order chi connectivity index (χ1) is 11.6. The quantitative estimate of drug-likeness (QED) is 0.937. The van der Waals surface area contributed by atoms with Crippen LogP contribution in [0.15, 0.2) is 47.6 Å². The Morgan fingerprint density at radius 2 is 2.00 bits per heavy atom. The average molecular weight is 324 g/mol. The number of oxime groups is 1. The third-order valence-corrected chi connectivity index (χ3v) is 4.24. The van der Waals surface area contributed by atoms with Crippen LogP contribution in [-0.4, -0.2) is 24.8 Å². The van der Waals surface area contributed by atoms with E-state index in [1.54, 1.807) is 7.11 Å². The Morgan fingerprint density at radius 1 is 1.21 bits per heavy atom. The van der Waals surface area contributed by atoms with Gasteiger partial charge in [-0.3, -0.25) is 4.79 Å². The number of hydrogen-bond donors (Lipinski definition) is 1. The number of carbonyl (C=O) groups is 1. The van der Waals surface area contributed by atoms with Crippen molar-refractivity contribution in [1.29, 1.82) is 0 Å². The normalized spacial score (nSPS) is 16.3. The number of nitrogens with one attached hydrogen (secondary N) is 1. The van der Waals surface area contributed by atoms with Gasteiger partial charge in [0.1, 0.15) is 5.75 Å². The number of hydrogen-bond acceptors (Lipinski definition) is 4. The van der Waals surface area contributed by atoms with Gasteiger partial charge in [-0.05, 0) is 43.2 Å². The molecule has 0 saturated heterocycles. The summed E-state index contributed by atoms with van der Waals surface area (Å²) >= 11 is 0. The maximum atomic E-state index is 12.5. The van der Waals surface area contributed by atoms with E-state index in [1.165, 1.54) is 0 Å². The van der Waals surface area contributed by atoms with Crippen LogP contribution in [0.5, 0.6) is 5.75 Å². The van der Waals surface area contributed by atoms with E-state index in [1.807, 2.05) is 56.3 Å². The number of anilines is 1. The molecule has 1 aliphatic heterocycles. The largest absolute Gasteiger partial charge is 0.496 e. The topological polar surface area (TPSA) is 59.9 Å². The molecule has 0 saturated carbocycles. The van der Waals surface area contributed by atoms with E-state index in [9.17, 15) is 4.79 Å². The molecule has 0 radical (unpaired) electrons. The highest BCUT2D eigenvalue weighted by Gasteiger charge is 2.30. The summed E-state index contributed by atoms with van der Waals surface area (Å²) in [5, 5.41) is 7.00. The first-order valence-corrected chi connectivity index (χ1v) is 7.83. The van der Waals surface area contributed by atoms with Gasteiger partial charge in [-0.25, -0.2) is 0 Å². The van der Waals surface area contributed by atoms with Crippen molar-refractivity contribution >= 4 is 17.3 Å². The Balaban J connectivity index is 1.70. The van der Waals surface area contributed by atoms with E-state index >= 15 is 0 Å². The lowest BCUT2D eigenvalue weighted by Crippen LogP contribution is -2.28. The van der Waals surface area contributed by atoms with E-state index in [0.29, 0.717) is 12.1 Å². The van der Waals surface area contributed by atoms with E-state index in [0.717, 1.165) is 28.1 Å². The second kappa shape index (κ2) is 6.74. The fourth-order valence-corrected chi connectivity index (χ4v) is 2.66. The molecule has 0 bridgehead atoms. The number of methoxy groups -OCH3 is 1. The first kappa shape index (κ1) is 16.1. The van der Waals surface area contributed by atoms with Crippen molar-refractivity contribution in [3.63, 3.8) is 0 Å². The van der Waals surface area contributed by atoms with Crippen LogP contribution in [0.4, 0.5) is 5.69 Å². The molecule has 2 aromatic carbocycles. The number of aryl methyl sites for hydroxylation is 1. The van der Waals surface area contributed by atoms with Crippen molar-refractivity contribution in [3.05, 3.63) is 59.2 Å². The standard InChI is InChI=1S/C19H20N2O3/c1-12-7-6-9-15(13(12)2)20-19(22)18-11-16(21-24-18)14-8-4-5-10-17(14)23-3/h4-10,18H,11H2,1-3H3,(H,20,22). The Kier molecular flexibility index (Phi) is 4.51. The van der Waals surface area contributed by atoms with Crippen molar-refractivity contribution in [2.45, 2.75) is 26.4 Å². The number of ether oxygens (including phenoxy) is 1. The minimum atomic E-state index is -0.634. The lowest BCUT2D eigenvalue weighted by atomic mass is 10.0. The van der Waals surface area contributed by atoms with Gasteiger partial charge < -0.3 is 14.9 Å². The summed E-state index contributed by atoms with van der Waals surface area (Å²) in [6, 6.07) is 13.4. The molecule has 3 rings (SSSR count). The SMILES string of the molecule is COc1ccccc1C1=NOC(C(=O)Nc2cccc(C)c2C)C1. The second-order valence-corrected chi connectivity index (χ2v) is 5.77. The maximum absolute atomic E-state index is 12.5. The van der Waals surface area contributed by atoms with Gasteiger partial charge in [0.15, 0.2) is 0 Å². The minimum Gasteiger partial charge on any atom is -0.496 e. The lowest BCUT2D eigenvalue weighted by molar-refractivity contribution is -0.125. The average Bonchev–Trinajstić information content (AvgIpc) is 3.09. The van der Waals surface area contributed by atoms with E-state index in [-0.39, 0.29) is 5.91 Å². The van der Waals surface area contributed by atoms with Crippen LogP contribution in [-0.2, 0) is 9.63 Å². The number of carbonyl (C=O) groups excluding carboxylic acids is 1. The molecule has 0 aromatic heterocycles. The molecule has 1 amide bonds. The molecular formula is C19H20N2O3. The zero-order chi connectivity index (χ0) is 17.1. The van der Waals surface area contributed by atoms with Crippen molar-refractivity contribution < 1.29 is 14.4 Å². The highest BCUT2D eigenvalue weighted by atomic mass is 16.6. The summed E-state index contributed by atoms with van der Waals surface area (Å²) in [4.78, 5) is 17.8. The third kappa shape index (κ3) is 3.11. The molecule has 5 heteroatoms. The van der Waals surface area contributed by atoms with Crippen LogP contribution >= 0.6 is 0 Å². The molecule has 124 valence electrons. The van der Waals surface area contributed by atoms with Crippen molar-refractivity contribution in [2.75, 3.05) is 12.4 Å². The lowest BCUT2D eigenvalue weighted by Gasteiger charge is -2.13. The monoisotopic (exact) mass is 324 g/mol. The van der Waals surface area contributed by atoms with Crippen LogP contribution in [0.2, 0.25) is 0 Å². The van der Waals surface area contributed by atoms with Gasteiger partial charge in [0.05, 0.1) is 12.8 Å². The van der Waals surface area contributed by atoms with Crippen LogP contribution < -0.4 is 10.1 Å². The van der Waals surface area contributed by atoms with Gasteiger partial charge in [0.25, 0.3) is 5.91 Å². The molecule has 1 unspecified atom stereocenters. The van der Waals surface area contributed by atoms with Gasteiger partial charge >= 0.3 is 0 Å². The van der Waals surface area contributed by atoms with Crippen LogP contribution in [0.3, 0.4) is 0 Å². The summed E-state index contributed by atoms with van der Waals surface area (Å²) in [6.07, 6.45) is -0.221. The predicted octanol–water partition coefficient (Wildman–Crippen LogP) is 3.44. The Labute approximate surface area is 141 Å². The molecule has 2 aromatic rings. The molecule has 1 heterocycles. The molecule has 1 N–H and O–H groups in total. The van der Waals surface area contributed by atoms with Crippen molar-refractivity contribution in [2.24, 2.45) is 5.16 Å². The third-order valence-electron chi connectivity index (χ3n) is 4.24. The molecule has 24 heavy (non-hydrogen) atoms. The van der Waals surface area contributed by atoms with E-state index < -0.39 is 6.10 Å². The first-order valence-electron chi connectivity index (χ1n) is 7.83. The number of benzene rings is 2. The fourth-order valence-electron chi connectivity index (χ4n) is 2.66. The molecule has 1 aliphatic rings. The molecule has 0 fully saturated rings. The molecule has 0 spiro atoms. The molecular weight excluding hydrogens is 304 g/mol. The van der Waals surface area contributed by atoms with Crippen LogP contribution in [0, 0.1) is 13.8 Å². The fraction of sp³-hybridized carbons (Fsp3) is 0.263. The van der Waals surface area contributed by atoms with Crippen molar-refractivity contribution in [3.8, 4) is 5.75 Å². The van der Waals surface area contributed by atoms with Gasteiger partial charge in [-0.2, -0.15) is 0 Å². The number of amides is 1. The number of nitrogens with zero attached hydrogens (tertiary/aromatic N) is 1. The number of rotatable bonds is 4. The van der Waals surface area contributed by atoms with Crippen molar-refractivity contribution in [1.82, 2.24) is 0 Å². The van der Waals surface area contributed by atoms with E-state index in [4.69, 9.17) is 9.57 Å². The Bertz CT molecular complexity index is 799. The van der Waals surface area contributed by atoms with Crippen LogP contribution in [0.1, 0.15) is 23.1 Å². The zero-order valence-electron chi connectivity index (χ0n) is 14.0. The minimum absolute atomic E-state index is 0.197. The summed E-state index contributed by atoms with van der Waals surface area (Å²) in [5.74, 6) is 0.521. The highest BCUT2D eigenvalue weighted by Crippen LogP contribution is 2.25. The zero-order valence-corrected chi connectivity index (χ0v) is 14.0. The molecule has 1 atom stereocenters. The summed E-state index contributed by atoms with van der Waals surface area (Å²) in [6.45, 7) is 4.00. The van der Waals surface area contributed by atoms with Gasteiger partial charge in [0, 0.05) is 17.7 Å². The van der Waals surface area contributed by atoms with Gasteiger partial charge in [-0.1, -0.05) is 29.4 Å².